The van der Waals surface area contributed by atoms with E-state index in [4.69, 9.17) is 10.5 Å². The summed E-state index contributed by atoms with van der Waals surface area (Å²) < 4.78 is 5.29. The van der Waals surface area contributed by atoms with Crippen LogP contribution in [0, 0.1) is 16.7 Å². The van der Waals surface area contributed by atoms with Gasteiger partial charge in [0.15, 0.2) is 0 Å². The fourth-order valence-corrected chi connectivity index (χ4v) is 3.18. The van der Waals surface area contributed by atoms with Crippen LogP contribution in [-0.2, 0) is 4.74 Å². The van der Waals surface area contributed by atoms with Crippen molar-refractivity contribution in [3.8, 4) is 0 Å². The van der Waals surface area contributed by atoms with Gasteiger partial charge in [-0.05, 0) is 24.2 Å². The molecule has 2 rings (SSSR count). The summed E-state index contributed by atoms with van der Waals surface area (Å²) in [5.41, 5.74) is 6.48. The van der Waals surface area contributed by atoms with Crippen molar-refractivity contribution in [2.24, 2.45) is 22.5 Å². The number of ether oxygens (including phenoxy) is 1. The third kappa shape index (κ3) is 3.01. The molecule has 0 radical (unpaired) electrons. The van der Waals surface area contributed by atoms with Crippen molar-refractivity contribution in [1.82, 2.24) is 5.32 Å². The molecule has 0 amide bonds. The van der Waals surface area contributed by atoms with E-state index < -0.39 is 0 Å². The van der Waals surface area contributed by atoms with Crippen LogP contribution in [0.3, 0.4) is 0 Å². The van der Waals surface area contributed by atoms with E-state index in [-0.39, 0.29) is 5.41 Å². The number of nitrogens with one attached hydrogen (secondary N) is 1. The molecule has 3 heteroatoms. The zero-order valence-corrected chi connectivity index (χ0v) is 11.4. The summed E-state index contributed by atoms with van der Waals surface area (Å²) in [7, 11) is 0. The van der Waals surface area contributed by atoms with Crippen LogP contribution in [0.15, 0.2) is 0 Å². The minimum Gasteiger partial charge on any atom is -0.380 e. The first-order valence-electron chi connectivity index (χ1n) is 7.07. The molecule has 1 heterocycles. The number of nitrogens with two attached hydrogens (primary N) is 1. The lowest BCUT2D eigenvalue weighted by molar-refractivity contribution is -0.105. The zero-order valence-electron chi connectivity index (χ0n) is 11.4. The van der Waals surface area contributed by atoms with Gasteiger partial charge in [-0.1, -0.05) is 26.7 Å². The Bertz CT molecular complexity index is 237. The van der Waals surface area contributed by atoms with E-state index in [9.17, 15) is 0 Å². The van der Waals surface area contributed by atoms with Gasteiger partial charge >= 0.3 is 0 Å². The molecule has 100 valence electrons. The molecule has 0 bridgehead atoms. The Balaban J connectivity index is 1.73. The summed E-state index contributed by atoms with van der Waals surface area (Å²) in [5, 5.41) is 3.64. The van der Waals surface area contributed by atoms with Crippen LogP contribution in [-0.4, -0.2) is 32.8 Å². The van der Waals surface area contributed by atoms with E-state index >= 15 is 0 Å². The van der Waals surface area contributed by atoms with Crippen LogP contribution in [0.2, 0.25) is 0 Å². The van der Waals surface area contributed by atoms with Gasteiger partial charge in [0.25, 0.3) is 0 Å². The molecule has 2 aliphatic rings. The van der Waals surface area contributed by atoms with Crippen molar-refractivity contribution in [3.05, 3.63) is 0 Å². The second-order valence-electron chi connectivity index (χ2n) is 6.77. The Morgan fingerprint density at radius 1 is 1.29 bits per heavy atom. The highest BCUT2D eigenvalue weighted by atomic mass is 16.5. The Hall–Kier alpha value is -0.120. The normalized spacial score (nSPS) is 24.9. The summed E-state index contributed by atoms with van der Waals surface area (Å²) in [6.45, 7) is 9.34. The average molecular weight is 240 g/mol. The summed E-state index contributed by atoms with van der Waals surface area (Å²) in [4.78, 5) is 0. The Labute approximate surface area is 105 Å². The molecule has 3 N–H and O–H groups in total. The average Bonchev–Trinajstić information content (AvgIpc) is 2.76. The molecule has 2 fully saturated rings. The molecule has 1 aliphatic heterocycles. The van der Waals surface area contributed by atoms with Gasteiger partial charge in [0.1, 0.15) is 0 Å². The van der Waals surface area contributed by atoms with Gasteiger partial charge in [0.2, 0.25) is 0 Å². The summed E-state index contributed by atoms with van der Waals surface area (Å²) in [6, 6.07) is 0. The van der Waals surface area contributed by atoms with Gasteiger partial charge in [-0.3, -0.25) is 0 Å². The molecule has 1 saturated heterocycles. The van der Waals surface area contributed by atoms with Gasteiger partial charge < -0.3 is 15.8 Å². The van der Waals surface area contributed by atoms with Gasteiger partial charge in [0.05, 0.1) is 13.2 Å². The summed E-state index contributed by atoms with van der Waals surface area (Å²) >= 11 is 0. The molecule has 1 aliphatic carbocycles. The minimum atomic E-state index is 0.228. The minimum absolute atomic E-state index is 0.228. The third-order valence-electron chi connectivity index (χ3n) is 4.79. The van der Waals surface area contributed by atoms with E-state index in [0.717, 1.165) is 38.8 Å². The Kier molecular flexibility index (Phi) is 4.11. The first kappa shape index (κ1) is 13.3. The maximum atomic E-state index is 5.82. The number of rotatable bonds is 6. The standard InChI is InChI=1S/C14H28N2O/c1-13(2,12-5-3-4-6-12)8-16-9-14(7-15)10-17-11-14/h12,16H,3-11,15H2,1-2H3. The third-order valence-corrected chi connectivity index (χ3v) is 4.79. The largest absolute Gasteiger partial charge is 0.380 e. The van der Waals surface area contributed by atoms with Crippen molar-refractivity contribution in [2.75, 3.05) is 32.8 Å². The maximum Gasteiger partial charge on any atom is 0.0569 e. The highest BCUT2D eigenvalue weighted by Gasteiger charge is 2.38. The van der Waals surface area contributed by atoms with Crippen molar-refractivity contribution >= 4 is 0 Å². The number of hydrogen-bond donors (Lipinski definition) is 2. The predicted octanol–water partition coefficient (Wildman–Crippen LogP) is 1.77. The van der Waals surface area contributed by atoms with E-state index in [0.29, 0.717) is 5.41 Å². The van der Waals surface area contributed by atoms with E-state index in [1.165, 1.54) is 25.7 Å². The first-order chi connectivity index (χ1) is 8.08. The molecule has 3 nitrogen and oxygen atoms in total. The van der Waals surface area contributed by atoms with Crippen molar-refractivity contribution in [3.63, 3.8) is 0 Å². The van der Waals surface area contributed by atoms with Crippen molar-refractivity contribution in [2.45, 2.75) is 39.5 Å². The molecule has 0 aromatic rings. The summed E-state index contributed by atoms with van der Waals surface area (Å²) in [5.74, 6) is 0.904. The molecular weight excluding hydrogens is 212 g/mol. The lowest BCUT2D eigenvalue weighted by Gasteiger charge is -2.42. The van der Waals surface area contributed by atoms with Crippen LogP contribution >= 0.6 is 0 Å². The molecule has 1 saturated carbocycles. The van der Waals surface area contributed by atoms with Crippen LogP contribution in [0.4, 0.5) is 0 Å². The fraction of sp³-hybridized carbons (Fsp3) is 1.00. The van der Waals surface area contributed by atoms with Crippen LogP contribution in [0.5, 0.6) is 0 Å². The number of hydrogen-bond acceptors (Lipinski definition) is 3. The lowest BCUT2D eigenvalue weighted by atomic mass is 9.77. The second kappa shape index (κ2) is 5.25. The van der Waals surface area contributed by atoms with Crippen molar-refractivity contribution in [1.29, 1.82) is 0 Å². The van der Waals surface area contributed by atoms with E-state index in [1.54, 1.807) is 0 Å². The Morgan fingerprint density at radius 3 is 2.41 bits per heavy atom. The zero-order chi connectivity index (χ0) is 12.4. The SMILES string of the molecule is CC(C)(CNCC1(CN)COC1)C1CCCC1. The van der Waals surface area contributed by atoms with E-state index in [2.05, 4.69) is 19.2 Å². The van der Waals surface area contributed by atoms with Crippen LogP contribution in [0.25, 0.3) is 0 Å². The smallest absolute Gasteiger partial charge is 0.0569 e. The first-order valence-corrected chi connectivity index (χ1v) is 7.07. The predicted molar refractivity (Wildman–Crippen MR) is 70.9 cm³/mol. The molecular formula is C14H28N2O. The Morgan fingerprint density at radius 2 is 1.94 bits per heavy atom. The highest BCUT2D eigenvalue weighted by molar-refractivity contribution is 4.90. The molecule has 0 atom stereocenters. The lowest BCUT2D eigenvalue weighted by Crippen LogP contribution is -2.55. The van der Waals surface area contributed by atoms with Gasteiger partial charge in [-0.2, -0.15) is 0 Å². The molecule has 0 spiro atoms. The summed E-state index contributed by atoms with van der Waals surface area (Å²) in [6.07, 6.45) is 5.68. The molecule has 0 unspecified atom stereocenters. The highest BCUT2D eigenvalue weighted by Crippen LogP contribution is 2.39. The van der Waals surface area contributed by atoms with Gasteiger partial charge in [-0.25, -0.2) is 0 Å². The van der Waals surface area contributed by atoms with Crippen molar-refractivity contribution < 1.29 is 4.74 Å². The molecule has 17 heavy (non-hydrogen) atoms. The van der Waals surface area contributed by atoms with Crippen LogP contribution in [0.1, 0.15) is 39.5 Å². The molecule has 0 aromatic heterocycles. The topological polar surface area (TPSA) is 47.3 Å². The quantitative estimate of drug-likeness (QED) is 0.744. The second-order valence-corrected chi connectivity index (χ2v) is 6.77. The van der Waals surface area contributed by atoms with Crippen LogP contribution < -0.4 is 11.1 Å². The van der Waals surface area contributed by atoms with Gasteiger partial charge in [-0.15, -0.1) is 0 Å². The van der Waals surface area contributed by atoms with Gasteiger partial charge in [0, 0.05) is 25.0 Å². The fourth-order valence-electron chi connectivity index (χ4n) is 3.18. The maximum absolute atomic E-state index is 5.82. The van der Waals surface area contributed by atoms with E-state index in [1.807, 2.05) is 0 Å². The molecule has 0 aromatic carbocycles. The monoisotopic (exact) mass is 240 g/mol.